The summed E-state index contributed by atoms with van der Waals surface area (Å²) in [4.78, 5) is 40.7. The molecule has 13 nitrogen and oxygen atoms in total. The zero-order valence-corrected chi connectivity index (χ0v) is 40.0. The molecule has 61 heavy (non-hydrogen) atoms. The van der Waals surface area contributed by atoms with E-state index in [1.165, 1.54) is 49.4 Å². The second-order valence-corrected chi connectivity index (χ2v) is 12.2. The number of carbonyl (C=O) groups is 3. The number of benzene rings is 4. The Bertz CT molecular complexity index is 2100. The van der Waals surface area contributed by atoms with E-state index >= 15 is 0 Å². The molecular weight excluding hydrogens is 955 g/mol. The molecule has 0 saturated carbocycles. The van der Waals surface area contributed by atoms with Crippen LogP contribution >= 0.6 is 15.9 Å². The standard InChI is InChI=1S/C18H14F4N2O3.C12H10BrF3N2O2.C6H5FO.CH2O3.2K.H/c1-17(26,10-27-13-6-3-11(19)4-7-13)16(25)24-12-5-8-15(23-2)14(9-12)18(20,21)22;1-11(20,6-13)10(19)18-7-3-4-9(17-2)8(5-7)12(14,15)16;7-5-1-3-6(8)4-2-5;2-1-4-3;;;/h3-9,26H,10H2,1H3,(H,24,25);3-5,20H,6H2,1H3,(H,18,19);1-4,8H;1,3H;;;/q;;;;2*+1;-1/p-1/t17-;11-;;;;;/m00...../s1. The number of halogens is 9. The number of ether oxygens (including phenoxy) is 1. The number of carbonyl (C=O) groups excluding carboxylic acids is 3. The van der Waals surface area contributed by atoms with Gasteiger partial charge in [0, 0.05) is 16.7 Å². The molecule has 0 spiro atoms. The van der Waals surface area contributed by atoms with E-state index in [0.717, 1.165) is 37.3 Å². The maximum Gasteiger partial charge on any atom is 1.00 e. The Morgan fingerprint density at radius 2 is 1.11 bits per heavy atom. The van der Waals surface area contributed by atoms with Crippen molar-refractivity contribution in [3.05, 3.63) is 131 Å². The number of hydrogen-bond acceptors (Lipinski definition) is 9. The van der Waals surface area contributed by atoms with Gasteiger partial charge in [-0.1, -0.05) is 28.1 Å². The van der Waals surface area contributed by atoms with Crippen LogP contribution in [0.4, 0.5) is 57.9 Å². The summed E-state index contributed by atoms with van der Waals surface area (Å²) in [6.45, 7) is 15.1. The molecule has 0 unspecified atom stereocenters. The quantitative estimate of drug-likeness (QED) is 0.0316. The molecule has 2 atom stereocenters. The molecule has 0 heterocycles. The number of nitrogens with zero attached hydrogens (tertiary/aromatic N) is 2. The summed E-state index contributed by atoms with van der Waals surface area (Å²) in [5.74, 6) is -2.39. The second-order valence-electron chi connectivity index (χ2n) is 11.7. The Balaban J connectivity index is -0.000000871. The number of hydrogen-bond donors (Lipinski definition) is 5. The molecule has 318 valence electrons. The summed E-state index contributed by atoms with van der Waals surface area (Å²) in [6.07, 6.45) is -9.46. The number of alkyl halides is 7. The van der Waals surface area contributed by atoms with Gasteiger partial charge in [0.1, 0.15) is 35.3 Å². The minimum atomic E-state index is -4.77. The Morgan fingerprint density at radius 3 is 1.43 bits per heavy atom. The van der Waals surface area contributed by atoms with Gasteiger partial charge in [-0.3, -0.25) is 14.4 Å². The minimum Gasteiger partial charge on any atom is -1.00 e. The van der Waals surface area contributed by atoms with E-state index in [9.17, 15) is 54.9 Å². The third-order valence-corrected chi connectivity index (χ3v) is 7.89. The first-order chi connectivity index (χ1) is 27.3. The van der Waals surface area contributed by atoms with Gasteiger partial charge in [0.2, 0.25) is 0 Å². The topological polar surface area (TPSA) is 186 Å². The van der Waals surface area contributed by atoms with Crippen molar-refractivity contribution in [3.63, 3.8) is 0 Å². The van der Waals surface area contributed by atoms with Crippen molar-refractivity contribution in [2.45, 2.75) is 37.4 Å². The summed E-state index contributed by atoms with van der Waals surface area (Å²) in [7, 11) is 0. The normalized spacial score (nSPS) is 12.1. The monoisotopic (exact) mass is 984 g/mol. The molecule has 4 aromatic rings. The van der Waals surface area contributed by atoms with Gasteiger partial charge in [0.05, 0.1) is 24.3 Å². The van der Waals surface area contributed by atoms with Crippen LogP contribution in [0.25, 0.3) is 9.69 Å². The van der Waals surface area contributed by atoms with E-state index in [2.05, 4.69) is 41.1 Å². The number of aromatic hydroxyl groups is 1. The molecule has 0 aromatic heterocycles. The van der Waals surface area contributed by atoms with Gasteiger partial charge in [0.15, 0.2) is 17.0 Å². The van der Waals surface area contributed by atoms with Crippen LogP contribution in [0.1, 0.15) is 26.4 Å². The fourth-order valence-corrected chi connectivity index (χ4v) is 3.98. The molecule has 0 aliphatic heterocycles. The van der Waals surface area contributed by atoms with Gasteiger partial charge in [-0.2, -0.15) is 26.3 Å². The SMILES string of the molecule is O=CO[O-].Oc1ccc(F)cc1.[C-]#[N+]c1ccc(NC(=O)[C@@](C)(O)CBr)cc1C(F)(F)F.[C-]#[N+]c1ccc(NC(=O)[C@@](C)(O)COc2ccc(F)cc2)cc1C(F)(F)F.[H-].[K+].[K+]. The van der Waals surface area contributed by atoms with E-state index in [-0.39, 0.29) is 145 Å². The Labute approximate surface area is 437 Å². The first-order valence-electron chi connectivity index (χ1n) is 15.7. The molecule has 5 N–H and O–H groups in total. The number of anilines is 2. The molecule has 24 heteroatoms. The van der Waals surface area contributed by atoms with E-state index in [1.54, 1.807) is 0 Å². The fourth-order valence-electron chi connectivity index (χ4n) is 3.73. The first-order valence-corrected chi connectivity index (χ1v) is 16.8. The second kappa shape index (κ2) is 27.9. The van der Waals surface area contributed by atoms with Crippen molar-refractivity contribution < 1.29 is 184 Å². The average molecular weight is 986 g/mol. The molecule has 0 saturated heterocycles. The molecule has 0 fully saturated rings. The smallest absolute Gasteiger partial charge is 1.00 e. The zero-order valence-electron chi connectivity index (χ0n) is 33.2. The maximum absolute atomic E-state index is 13.0. The third kappa shape index (κ3) is 21.7. The predicted octanol–water partition coefficient (Wildman–Crippen LogP) is 1.59. The first kappa shape index (κ1) is 60.0. The Kier molecular flexibility index (Phi) is 27.4. The van der Waals surface area contributed by atoms with Crippen LogP contribution in [0.15, 0.2) is 84.9 Å². The van der Waals surface area contributed by atoms with Crippen molar-refractivity contribution in [2.75, 3.05) is 22.6 Å². The van der Waals surface area contributed by atoms with Gasteiger partial charge in [-0.25, -0.2) is 18.5 Å². The molecule has 0 radical (unpaired) electrons. The number of phenols is 1. The average Bonchev–Trinajstić information content (AvgIpc) is 3.18. The van der Waals surface area contributed by atoms with Gasteiger partial charge in [-0.15, -0.1) is 0 Å². The van der Waals surface area contributed by atoms with Gasteiger partial charge in [-0.05, 0) is 86.6 Å². The van der Waals surface area contributed by atoms with Crippen LogP contribution in [0.5, 0.6) is 11.5 Å². The fraction of sp³-hybridized carbons (Fsp3) is 0.216. The Morgan fingerprint density at radius 1 is 0.754 bits per heavy atom. The predicted molar refractivity (Wildman–Crippen MR) is 196 cm³/mol. The van der Waals surface area contributed by atoms with E-state index in [1.807, 2.05) is 0 Å². The van der Waals surface area contributed by atoms with Crippen molar-refractivity contribution >= 4 is 57.0 Å². The van der Waals surface area contributed by atoms with Crippen molar-refractivity contribution in [2.24, 2.45) is 0 Å². The number of rotatable bonds is 9. The van der Waals surface area contributed by atoms with Crippen LogP contribution in [0.3, 0.4) is 0 Å². The van der Waals surface area contributed by atoms with Gasteiger partial charge < -0.3 is 42.3 Å². The van der Waals surface area contributed by atoms with Crippen LogP contribution < -0.4 is 123 Å². The molecule has 0 aliphatic rings. The summed E-state index contributed by atoms with van der Waals surface area (Å²) in [5.41, 5.74) is -7.70. The molecule has 2 amide bonds. The maximum atomic E-state index is 13.0. The van der Waals surface area contributed by atoms with E-state index < -0.39 is 70.3 Å². The van der Waals surface area contributed by atoms with Crippen molar-refractivity contribution in [3.8, 4) is 11.5 Å². The zero-order chi connectivity index (χ0) is 45.2. The number of phenolic OH excluding ortho intramolecular Hbond substituents is 1. The summed E-state index contributed by atoms with van der Waals surface area (Å²) >= 11 is 2.92. The number of amides is 2. The van der Waals surface area contributed by atoms with Crippen molar-refractivity contribution in [1.82, 2.24) is 0 Å². The summed E-state index contributed by atoms with van der Waals surface area (Å²) in [5, 5.41) is 41.1. The van der Waals surface area contributed by atoms with Crippen molar-refractivity contribution in [1.29, 1.82) is 0 Å². The molecular formula is C37H31BrF8K2N4O9. The van der Waals surface area contributed by atoms with Crippen LogP contribution in [-0.2, 0) is 31.6 Å². The third-order valence-electron chi connectivity index (χ3n) is 6.80. The van der Waals surface area contributed by atoms with Gasteiger partial charge in [0.25, 0.3) is 18.3 Å². The van der Waals surface area contributed by atoms with Gasteiger partial charge >= 0.3 is 115 Å². The van der Waals surface area contributed by atoms with Crippen LogP contribution in [0.2, 0.25) is 0 Å². The Hall–Kier alpha value is -3.06. The summed E-state index contributed by atoms with van der Waals surface area (Å²) in [6, 6.07) is 15.3. The largest absolute Gasteiger partial charge is 1.00 e. The number of aliphatic hydroxyl groups is 2. The minimum absolute atomic E-state index is 0. The molecule has 0 aliphatic carbocycles. The van der Waals surface area contributed by atoms with Crippen LogP contribution in [-0.4, -0.2) is 56.7 Å². The van der Waals surface area contributed by atoms with E-state index in [0.29, 0.717) is 12.1 Å². The van der Waals surface area contributed by atoms with Crippen LogP contribution in [0, 0.1) is 24.8 Å². The molecule has 4 rings (SSSR count). The summed E-state index contributed by atoms with van der Waals surface area (Å²) < 4.78 is 107. The molecule has 0 bridgehead atoms. The number of nitrogens with one attached hydrogen (secondary N) is 2. The van der Waals surface area contributed by atoms with E-state index in [4.69, 9.17) is 33.0 Å². The molecule has 4 aromatic carbocycles.